The summed E-state index contributed by atoms with van der Waals surface area (Å²) in [5.41, 5.74) is 4.16. The fourth-order valence-corrected chi connectivity index (χ4v) is 3.74. The SMILES string of the molecule is CCCCc1ccc(NC(=O)CN(c2cc(C)ccc2C)S(C)(=O)=O)cc1. The molecular weight excluding hydrogens is 360 g/mol. The molecule has 0 bridgehead atoms. The molecule has 0 fully saturated rings. The number of anilines is 2. The Hall–Kier alpha value is -2.34. The molecule has 27 heavy (non-hydrogen) atoms. The Morgan fingerprint density at radius 3 is 2.33 bits per heavy atom. The number of hydrogen-bond donors (Lipinski definition) is 1. The van der Waals surface area contributed by atoms with Crippen LogP contribution in [0.5, 0.6) is 0 Å². The van der Waals surface area contributed by atoms with Crippen LogP contribution in [0, 0.1) is 13.8 Å². The molecule has 0 aliphatic heterocycles. The number of aryl methyl sites for hydroxylation is 3. The highest BCUT2D eigenvalue weighted by molar-refractivity contribution is 7.92. The zero-order valence-electron chi connectivity index (χ0n) is 16.5. The number of unbranched alkanes of at least 4 members (excludes halogenated alkanes) is 1. The van der Waals surface area contributed by atoms with E-state index >= 15 is 0 Å². The first kappa shape index (κ1) is 21.0. The number of nitrogens with zero attached hydrogens (tertiary/aromatic N) is 1. The topological polar surface area (TPSA) is 66.5 Å². The van der Waals surface area contributed by atoms with Gasteiger partial charge in [-0.2, -0.15) is 0 Å². The standard InChI is InChI=1S/C21H28N2O3S/c1-5-6-7-18-10-12-19(13-11-18)22-21(24)15-23(27(4,25)26)20-14-16(2)8-9-17(20)3/h8-14H,5-7,15H2,1-4H3,(H,22,24). The number of amides is 1. The van der Waals surface area contributed by atoms with Gasteiger partial charge in [0, 0.05) is 5.69 Å². The van der Waals surface area contributed by atoms with Crippen LogP contribution in [-0.2, 0) is 21.2 Å². The van der Waals surface area contributed by atoms with Gasteiger partial charge in [-0.15, -0.1) is 0 Å². The first-order chi connectivity index (χ1) is 12.7. The first-order valence-corrected chi connectivity index (χ1v) is 11.0. The van der Waals surface area contributed by atoms with Crippen LogP contribution in [0.15, 0.2) is 42.5 Å². The van der Waals surface area contributed by atoms with Crippen molar-refractivity contribution in [3.8, 4) is 0 Å². The number of carbonyl (C=O) groups excluding carboxylic acids is 1. The van der Waals surface area contributed by atoms with Gasteiger partial charge in [0.05, 0.1) is 11.9 Å². The van der Waals surface area contributed by atoms with Crippen molar-refractivity contribution in [2.45, 2.75) is 40.0 Å². The van der Waals surface area contributed by atoms with Crippen LogP contribution < -0.4 is 9.62 Å². The molecule has 5 nitrogen and oxygen atoms in total. The predicted octanol–water partition coefficient (Wildman–Crippen LogP) is 4.05. The summed E-state index contributed by atoms with van der Waals surface area (Å²) in [7, 11) is -3.59. The second-order valence-electron chi connectivity index (χ2n) is 6.91. The zero-order chi connectivity index (χ0) is 20.0. The third-order valence-electron chi connectivity index (χ3n) is 4.38. The number of nitrogens with one attached hydrogen (secondary N) is 1. The van der Waals surface area contributed by atoms with E-state index in [9.17, 15) is 13.2 Å². The third kappa shape index (κ3) is 6.10. The lowest BCUT2D eigenvalue weighted by molar-refractivity contribution is -0.114. The molecule has 146 valence electrons. The number of carbonyl (C=O) groups is 1. The summed E-state index contributed by atoms with van der Waals surface area (Å²) in [4.78, 5) is 12.5. The number of rotatable bonds is 8. The lowest BCUT2D eigenvalue weighted by Crippen LogP contribution is -2.37. The molecule has 0 aliphatic rings. The van der Waals surface area contributed by atoms with Gasteiger partial charge in [0.25, 0.3) is 0 Å². The summed E-state index contributed by atoms with van der Waals surface area (Å²) >= 11 is 0. The van der Waals surface area contributed by atoms with Gasteiger partial charge in [-0.3, -0.25) is 9.10 Å². The first-order valence-electron chi connectivity index (χ1n) is 9.14. The minimum absolute atomic E-state index is 0.263. The quantitative estimate of drug-likeness (QED) is 0.742. The molecule has 0 aliphatic carbocycles. The van der Waals surface area contributed by atoms with Gasteiger partial charge in [0.1, 0.15) is 6.54 Å². The molecule has 2 aromatic carbocycles. The average molecular weight is 389 g/mol. The van der Waals surface area contributed by atoms with Gasteiger partial charge in [-0.25, -0.2) is 8.42 Å². The second-order valence-corrected chi connectivity index (χ2v) is 8.82. The summed E-state index contributed by atoms with van der Waals surface area (Å²) < 4.78 is 25.7. The summed E-state index contributed by atoms with van der Waals surface area (Å²) in [6, 6.07) is 13.2. The summed E-state index contributed by atoms with van der Waals surface area (Å²) in [6.07, 6.45) is 4.40. The minimum Gasteiger partial charge on any atom is -0.325 e. The van der Waals surface area contributed by atoms with Crippen molar-refractivity contribution in [2.24, 2.45) is 0 Å². The molecule has 1 amide bonds. The van der Waals surface area contributed by atoms with E-state index in [-0.39, 0.29) is 12.5 Å². The van der Waals surface area contributed by atoms with E-state index in [0.717, 1.165) is 41.0 Å². The van der Waals surface area contributed by atoms with Crippen LogP contribution in [-0.4, -0.2) is 27.1 Å². The highest BCUT2D eigenvalue weighted by Crippen LogP contribution is 2.24. The van der Waals surface area contributed by atoms with Crippen LogP contribution in [0.25, 0.3) is 0 Å². The monoisotopic (exact) mass is 388 g/mol. The molecule has 0 spiro atoms. The van der Waals surface area contributed by atoms with Gasteiger partial charge in [-0.1, -0.05) is 37.6 Å². The van der Waals surface area contributed by atoms with Gasteiger partial charge in [0.2, 0.25) is 15.9 Å². The smallest absolute Gasteiger partial charge is 0.245 e. The van der Waals surface area contributed by atoms with E-state index in [2.05, 4.69) is 12.2 Å². The highest BCUT2D eigenvalue weighted by atomic mass is 32.2. The van der Waals surface area contributed by atoms with E-state index in [4.69, 9.17) is 0 Å². The van der Waals surface area contributed by atoms with E-state index in [1.807, 2.05) is 50.2 Å². The molecule has 6 heteroatoms. The van der Waals surface area contributed by atoms with Gasteiger partial charge in [0.15, 0.2) is 0 Å². The fraction of sp³-hybridized carbons (Fsp3) is 0.381. The van der Waals surface area contributed by atoms with Crippen molar-refractivity contribution >= 4 is 27.3 Å². The Kier molecular flexibility index (Phi) is 7.02. The molecule has 0 saturated carbocycles. The summed E-state index contributed by atoms with van der Waals surface area (Å²) in [6.45, 7) is 5.61. The van der Waals surface area contributed by atoms with E-state index in [1.165, 1.54) is 5.56 Å². The molecule has 0 heterocycles. The van der Waals surface area contributed by atoms with Crippen molar-refractivity contribution in [1.29, 1.82) is 0 Å². The van der Waals surface area contributed by atoms with Crippen molar-refractivity contribution < 1.29 is 13.2 Å². The summed E-state index contributed by atoms with van der Waals surface area (Å²) in [5, 5.41) is 2.79. The van der Waals surface area contributed by atoms with Crippen LogP contribution >= 0.6 is 0 Å². The molecule has 0 radical (unpaired) electrons. The summed E-state index contributed by atoms with van der Waals surface area (Å²) in [5.74, 6) is -0.373. The maximum absolute atomic E-state index is 12.5. The van der Waals surface area contributed by atoms with Gasteiger partial charge < -0.3 is 5.32 Å². The predicted molar refractivity (Wildman–Crippen MR) is 112 cm³/mol. The maximum Gasteiger partial charge on any atom is 0.245 e. The molecule has 0 atom stereocenters. The fourth-order valence-electron chi connectivity index (χ4n) is 2.84. The maximum atomic E-state index is 12.5. The van der Waals surface area contributed by atoms with E-state index < -0.39 is 10.0 Å². The normalized spacial score (nSPS) is 11.3. The van der Waals surface area contributed by atoms with Crippen LogP contribution in [0.2, 0.25) is 0 Å². The molecular formula is C21H28N2O3S. The van der Waals surface area contributed by atoms with Gasteiger partial charge >= 0.3 is 0 Å². The number of benzene rings is 2. The molecule has 0 aromatic heterocycles. The van der Waals surface area contributed by atoms with Crippen LogP contribution in [0.4, 0.5) is 11.4 Å². The molecule has 2 rings (SSSR count). The van der Waals surface area contributed by atoms with Crippen molar-refractivity contribution in [1.82, 2.24) is 0 Å². The Labute approximate surface area is 162 Å². The average Bonchev–Trinajstić information content (AvgIpc) is 2.60. The lowest BCUT2D eigenvalue weighted by atomic mass is 10.1. The van der Waals surface area contributed by atoms with Crippen molar-refractivity contribution in [3.05, 3.63) is 59.2 Å². The Bertz CT molecular complexity index is 890. The number of hydrogen-bond acceptors (Lipinski definition) is 3. The molecule has 0 saturated heterocycles. The van der Waals surface area contributed by atoms with E-state index in [0.29, 0.717) is 11.4 Å². The minimum atomic E-state index is -3.59. The van der Waals surface area contributed by atoms with E-state index in [1.54, 1.807) is 6.07 Å². The van der Waals surface area contributed by atoms with Crippen molar-refractivity contribution in [2.75, 3.05) is 22.4 Å². The Balaban J connectivity index is 2.14. The lowest BCUT2D eigenvalue weighted by Gasteiger charge is -2.24. The largest absolute Gasteiger partial charge is 0.325 e. The van der Waals surface area contributed by atoms with Crippen LogP contribution in [0.3, 0.4) is 0 Å². The molecule has 0 unspecified atom stereocenters. The van der Waals surface area contributed by atoms with Crippen molar-refractivity contribution in [3.63, 3.8) is 0 Å². The highest BCUT2D eigenvalue weighted by Gasteiger charge is 2.22. The zero-order valence-corrected chi connectivity index (χ0v) is 17.3. The molecule has 1 N–H and O–H groups in total. The Morgan fingerprint density at radius 1 is 1.07 bits per heavy atom. The number of sulfonamides is 1. The van der Waals surface area contributed by atoms with Crippen LogP contribution in [0.1, 0.15) is 36.5 Å². The third-order valence-corrected chi connectivity index (χ3v) is 5.50. The molecule has 2 aromatic rings. The second kappa shape index (κ2) is 9.04. The van der Waals surface area contributed by atoms with Gasteiger partial charge in [-0.05, 0) is 61.6 Å². The Morgan fingerprint density at radius 2 is 1.74 bits per heavy atom.